The Morgan fingerprint density at radius 3 is 2.67 bits per heavy atom. The topological polar surface area (TPSA) is 60.9 Å². The lowest BCUT2D eigenvalue weighted by atomic mass is 10.1. The molecule has 1 aromatic carbocycles. The quantitative estimate of drug-likeness (QED) is 0.926. The molecule has 0 saturated carbocycles. The van der Waals surface area contributed by atoms with E-state index in [1.54, 1.807) is 11.0 Å². The van der Waals surface area contributed by atoms with Gasteiger partial charge < -0.3 is 10.0 Å². The molecule has 1 aromatic rings. The molecule has 2 unspecified atom stereocenters. The third-order valence-electron chi connectivity index (χ3n) is 4.33. The molecule has 0 radical (unpaired) electrons. The lowest BCUT2D eigenvalue weighted by Crippen LogP contribution is -2.41. The van der Waals surface area contributed by atoms with Crippen molar-refractivity contribution in [3.05, 3.63) is 29.3 Å². The van der Waals surface area contributed by atoms with Crippen molar-refractivity contribution in [3.63, 3.8) is 0 Å². The van der Waals surface area contributed by atoms with Crippen LogP contribution in [0.15, 0.2) is 24.3 Å². The Kier molecular flexibility index (Phi) is 3.87. The molecule has 3 rings (SSSR count). The van der Waals surface area contributed by atoms with Gasteiger partial charge in [0, 0.05) is 13.1 Å². The second-order valence-corrected chi connectivity index (χ2v) is 5.97. The van der Waals surface area contributed by atoms with Crippen LogP contribution in [0.1, 0.15) is 12.8 Å². The Morgan fingerprint density at radius 2 is 2.00 bits per heavy atom. The van der Waals surface area contributed by atoms with Crippen LogP contribution in [-0.2, 0) is 9.59 Å². The maximum absolute atomic E-state index is 12.6. The molecule has 2 atom stereocenters. The van der Waals surface area contributed by atoms with E-state index in [-0.39, 0.29) is 17.9 Å². The monoisotopic (exact) mass is 308 g/mol. The first-order valence-corrected chi connectivity index (χ1v) is 7.48. The molecular weight excluding hydrogens is 292 g/mol. The molecule has 2 aliphatic rings. The van der Waals surface area contributed by atoms with Crippen molar-refractivity contribution in [2.45, 2.75) is 18.9 Å². The summed E-state index contributed by atoms with van der Waals surface area (Å²) in [6, 6.07) is 7.09. The number of likely N-dealkylation sites (tertiary alicyclic amines) is 1. The normalized spacial score (nSPS) is 26.5. The molecule has 0 bridgehead atoms. The molecule has 112 valence electrons. The number of aliphatic carboxylic acids is 1. The zero-order valence-corrected chi connectivity index (χ0v) is 12.3. The first-order chi connectivity index (χ1) is 10.1. The van der Waals surface area contributed by atoms with Gasteiger partial charge in [0.25, 0.3) is 0 Å². The summed E-state index contributed by atoms with van der Waals surface area (Å²) in [7, 11) is 0. The van der Waals surface area contributed by atoms with E-state index >= 15 is 0 Å². The van der Waals surface area contributed by atoms with Crippen LogP contribution in [0.25, 0.3) is 0 Å². The van der Waals surface area contributed by atoms with Gasteiger partial charge in [0.1, 0.15) is 0 Å². The van der Waals surface area contributed by atoms with Gasteiger partial charge in [-0.1, -0.05) is 23.7 Å². The highest BCUT2D eigenvalue weighted by molar-refractivity contribution is 6.33. The van der Waals surface area contributed by atoms with Crippen molar-refractivity contribution in [2.24, 2.45) is 5.92 Å². The van der Waals surface area contributed by atoms with E-state index in [1.807, 2.05) is 23.1 Å². The fourth-order valence-electron chi connectivity index (χ4n) is 3.19. The average Bonchev–Trinajstić information content (AvgIpc) is 3.06. The summed E-state index contributed by atoms with van der Waals surface area (Å²) in [6.45, 7) is 1.76. The lowest BCUT2D eigenvalue weighted by molar-refractivity contribution is -0.141. The molecular formula is C15H17ClN2O3. The molecule has 0 aliphatic carbocycles. The largest absolute Gasteiger partial charge is 0.481 e. The Hall–Kier alpha value is -1.59. The highest BCUT2D eigenvalue weighted by Gasteiger charge is 2.41. The predicted molar refractivity (Wildman–Crippen MR) is 79.5 cm³/mol. The summed E-state index contributed by atoms with van der Waals surface area (Å²) in [4.78, 5) is 27.3. The minimum atomic E-state index is -0.772. The number of amides is 1. The number of carboxylic acid groups (broad SMARTS) is 1. The van der Waals surface area contributed by atoms with Gasteiger partial charge in [0.05, 0.1) is 22.7 Å². The minimum Gasteiger partial charge on any atom is -0.481 e. The summed E-state index contributed by atoms with van der Waals surface area (Å²) in [6.07, 6.45) is 1.33. The van der Waals surface area contributed by atoms with Crippen LogP contribution >= 0.6 is 11.6 Å². The first-order valence-electron chi connectivity index (χ1n) is 7.10. The van der Waals surface area contributed by atoms with Gasteiger partial charge in [0.15, 0.2) is 0 Å². The van der Waals surface area contributed by atoms with Gasteiger partial charge >= 0.3 is 5.97 Å². The van der Waals surface area contributed by atoms with Crippen LogP contribution in [-0.4, -0.2) is 47.6 Å². The third kappa shape index (κ3) is 2.63. The number of benzene rings is 1. The number of para-hydroxylation sites is 1. The smallest absolute Gasteiger partial charge is 0.307 e. The average molecular weight is 309 g/mol. The molecule has 5 nitrogen and oxygen atoms in total. The van der Waals surface area contributed by atoms with Crippen LogP contribution < -0.4 is 4.90 Å². The van der Waals surface area contributed by atoms with Crippen molar-refractivity contribution in [1.29, 1.82) is 0 Å². The molecule has 2 saturated heterocycles. The number of hydrogen-bond acceptors (Lipinski definition) is 3. The van der Waals surface area contributed by atoms with Crippen molar-refractivity contribution in [1.82, 2.24) is 4.90 Å². The van der Waals surface area contributed by atoms with E-state index in [0.29, 0.717) is 31.1 Å². The van der Waals surface area contributed by atoms with E-state index in [2.05, 4.69) is 0 Å². The van der Waals surface area contributed by atoms with Gasteiger partial charge in [-0.05, 0) is 31.5 Å². The molecule has 0 spiro atoms. The van der Waals surface area contributed by atoms with Crippen LogP contribution in [0.5, 0.6) is 0 Å². The van der Waals surface area contributed by atoms with Gasteiger partial charge in [-0.2, -0.15) is 0 Å². The fraction of sp³-hybridized carbons (Fsp3) is 0.467. The Morgan fingerprint density at radius 1 is 1.24 bits per heavy atom. The SMILES string of the molecule is O=C(O)C1CCN(C2CCN(c3ccccc3Cl)C2=O)C1. The summed E-state index contributed by atoms with van der Waals surface area (Å²) in [5.74, 6) is -1.10. The van der Waals surface area contributed by atoms with E-state index in [4.69, 9.17) is 16.7 Å². The zero-order chi connectivity index (χ0) is 15.0. The number of halogens is 1. The van der Waals surface area contributed by atoms with Crippen molar-refractivity contribution >= 4 is 29.2 Å². The molecule has 2 heterocycles. The highest BCUT2D eigenvalue weighted by atomic mass is 35.5. The van der Waals surface area contributed by atoms with Crippen LogP contribution in [0.3, 0.4) is 0 Å². The lowest BCUT2D eigenvalue weighted by Gasteiger charge is -2.23. The maximum atomic E-state index is 12.6. The number of nitrogens with zero attached hydrogens (tertiary/aromatic N) is 2. The Balaban J connectivity index is 1.73. The molecule has 1 N–H and O–H groups in total. The number of carboxylic acids is 1. The summed E-state index contributed by atoms with van der Waals surface area (Å²) in [5, 5.41) is 9.63. The molecule has 1 amide bonds. The maximum Gasteiger partial charge on any atom is 0.307 e. The standard InChI is InChI=1S/C15H17ClN2O3/c16-11-3-1-2-4-12(11)18-8-6-13(14(18)19)17-7-5-10(9-17)15(20)21/h1-4,10,13H,5-9H2,(H,20,21). The highest BCUT2D eigenvalue weighted by Crippen LogP contribution is 2.32. The zero-order valence-electron chi connectivity index (χ0n) is 11.5. The fourth-order valence-corrected chi connectivity index (χ4v) is 3.42. The number of hydrogen-bond donors (Lipinski definition) is 1. The van der Waals surface area contributed by atoms with Crippen LogP contribution in [0.4, 0.5) is 5.69 Å². The van der Waals surface area contributed by atoms with Crippen molar-refractivity contribution in [3.8, 4) is 0 Å². The number of carbonyl (C=O) groups excluding carboxylic acids is 1. The van der Waals surface area contributed by atoms with Crippen molar-refractivity contribution < 1.29 is 14.7 Å². The Labute approximate surface area is 128 Å². The van der Waals surface area contributed by atoms with E-state index in [9.17, 15) is 9.59 Å². The van der Waals surface area contributed by atoms with Crippen LogP contribution in [0.2, 0.25) is 5.02 Å². The molecule has 21 heavy (non-hydrogen) atoms. The number of anilines is 1. The van der Waals surface area contributed by atoms with E-state index in [1.165, 1.54) is 0 Å². The van der Waals surface area contributed by atoms with Gasteiger partial charge in [-0.15, -0.1) is 0 Å². The molecule has 2 fully saturated rings. The first kappa shape index (κ1) is 14.4. The molecule has 6 heteroatoms. The number of rotatable bonds is 3. The minimum absolute atomic E-state index is 0.0224. The van der Waals surface area contributed by atoms with Gasteiger partial charge in [-0.25, -0.2) is 0 Å². The van der Waals surface area contributed by atoms with Gasteiger partial charge in [-0.3, -0.25) is 14.5 Å². The summed E-state index contributed by atoms with van der Waals surface area (Å²) >= 11 is 6.16. The van der Waals surface area contributed by atoms with Gasteiger partial charge in [0.2, 0.25) is 5.91 Å². The van der Waals surface area contributed by atoms with Crippen molar-refractivity contribution in [2.75, 3.05) is 24.5 Å². The van der Waals surface area contributed by atoms with E-state index < -0.39 is 5.97 Å². The second kappa shape index (κ2) is 5.66. The molecule has 0 aromatic heterocycles. The van der Waals surface area contributed by atoms with Crippen LogP contribution in [0, 0.1) is 5.92 Å². The predicted octanol–water partition coefficient (Wildman–Crippen LogP) is 1.85. The third-order valence-corrected chi connectivity index (χ3v) is 4.65. The number of carbonyl (C=O) groups is 2. The van der Waals surface area contributed by atoms with E-state index in [0.717, 1.165) is 12.1 Å². The summed E-state index contributed by atoms with van der Waals surface area (Å²) < 4.78 is 0. The summed E-state index contributed by atoms with van der Waals surface area (Å²) in [5.41, 5.74) is 0.737. The molecule has 2 aliphatic heterocycles. The Bertz CT molecular complexity index is 578. The second-order valence-electron chi connectivity index (χ2n) is 5.56.